The molecule has 1 saturated heterocycles. The molecule has 2 aromatic rings. The first-order chi connectivity index (χ1) is 15.0. The normalized spacial score (nSPS) is 16.1. The minimum Gasteiger partial charge on any atom is -0.482 e. The number of benzene rings is 2. The van der Waals surface area contributed by atoms with E-state index >= 15 is 0 Å². The topological polar surface area (TPSA) is 92.8 Å². The number of likely N-dealkylation sites (tertiary alicyclic amines) is 1. The molecule has 0 bridgehead atoms. The molecule has 0 radical (unpaired) electrons. The zero-order chi connectivity index (χ0) is 21.8. The molecule has 7 nitrogen and oxygen atoms in total. The lowest BCUT2D eigenvalue weighted by Gasteiger charge is -2.31. The van der Waals surface area contributed by atoms with Gasteiger partial charge in [-0.25, -0.2) is 0 Å². The van der Waals surface area contributed by atoms with Crippen LogP contribution in [-0.2, 0) is 9.59 Å². The van der Waals surface area contributed by atoms with E-state index in [0.29, 0.717) is 48.5 Å². The van der Waals surface area contributed by atoms with Crippen molar-refractivity contribution >= 4 is 29.1 Å². The fourth-order valence-corrected chi connectivity index (χ4v) is 4.01. The third-order valence-electron chi connectivity index (χ3n) is 5.78. The number of carbonyl (C=O) groups excluding carboxylic acids is 4. The number of nitrogens with one attached hydrogen (secondary N) is 1. The maximum atomic E-state index is 12.9. The van der Waals surface area contributed by atoms with Crippen molar-refractivity contribution in [3.8, 4) is 5.75 Å². The number of fused-ring (bicyclic) bond motifs is 1. The number of amides is 2. The molecule has 0 spiro atoms. The monoisotopic (exact) mass is 420 g/mol. The molecule has 4 rings (SSSR count). The van der Waals surface area contributed by atoms with Gasteiger partial charge in [0.1, 0.15) is 5.75 Å². The summed E-state index contributed by atoms with van der Waals surface area (Å²) in [7, 11) is 0. The second kappa shape index (κ2) is 9.12. The van der Waals surface area contributed by atoms with Gasteiger partial charge in [0.15, 0.2) is 18.2 Å². The number of carbonyl (C=O) groups is 4. The van der Waals surface area contributed by atoms with Gasteiger partial charge in [0.05, 0.1) is 5.69 Å². The molecule has 31 heavy (non-hydrogen) atoms. The molecule has 7 heteroatoms. The Kier molecular flexibility index (Phi) is 6.11. The van der Waals surface area contributed by atoms with Crippen molar-refractivity contribution in [3.63, 3.8) is 0 Å². The maximum absolute atomic E-state index is 12.9. The molecule has 2 aromatic carbocycles. The molecule has 2 aliphatic rings. The Balaban J connectivity index is 1.29. The van der Waals surface area contributed by atoms with Gasteiger partial charge in [-0.3, -0.25) is 19.2 Å². The van der Waals surface area contributed by atoms with E-state index in [9.17, 15) is 19.2 Å². The number of rotatable bonds is 6. The maximum Gasteiger partial charge on any atom is 0.262 e. The quantitative estimate of drug-likeness (QED) is 0.725. The number of anilines is 1. The Hall–Kier alpha value is -3.48. The van der Waals surface area contributed by atoms with E-state index in [1.165, 1.54) is 0 Å². The molecular formula is C24H24N2O5. The van der Waals surface area contributed by atoms with Gasteiger partial charge in [0.2, 0.25) is 5.91 Å². The minimum atomic E-state index is -0.241. The fraction of sp³-hybridized carbons (Fsp3) is 0.333. The molecular weight excluding hydrogens is 396 g/mol. The summed E-state index contributed by atoms with van der Waals surface area (Å²) in [5, 5.41) is 2.72. The minimum absolute atomic E-state index is 0.00831. The van der Waals surface area contributed by atoms with Crippen molar-refractivity contribution in [2.45, 2.75) is 25.7 Å². The Morgan fingerprint density at radius 2 is 1.71 bits per heavy atom. The van der Waals surface area contributed by atoms with Gasteiger partial charge in [0.25, 0.3) is 5.91 Å². The molecule has 160 valence electrons. The van der Waals surface area contributed by atoms with Crippen LogP contribution >= 0.6 is 0 Å². The number of hydrogen-bond donors (Lipinski definition) is 1. The number of piperidine rings is 1. The van der Waals surface area contributed by atoms with Crippen LogP contribution in [0.2, 0.25) is 0 Å². The van der Waals surface area contributed by atoms with Crippen LogP contribution in [0.15, 0.2) is 48.5 Å². The molecule has 0 atom stereocenters. The van der Waals surface area contributed by atoms with Crippen molar-refractivity contribution in [1.82, 2.24) is 4.90 Å². The molecule has 0 saturated carbocycles. The first kappa shape index (κ1) is 20.8. The summed E-state index contributed by atoms with van der Waals surface area (Å²) >= 11 is 0. The molecule has 0 aromatic heterocycles. The summed E-state index contributed by atoms with van der Waals surface area (Å²) < 4.78 is 5.33. The van der Waals surface area contributed by atoms with Crippen LogP contribution in [0.3, 0.4) is 0 Å². The van der Waals surface area contributed by atoms with E-state index in [2.05, 4.69) is 5.32 Å². The van der Waals surface area contributed by atoms with Gasteiger partial charge in [-0.1, -0.05) is 30.3 Å². The molecule has 2 heterocycles. The average Bonchev–Trinajstić information content (AvgIpc) is 2.82. The Morgan fingerprint density at radius 3 is 2.45 bits per heavy atom. The smallest absolute Gasteiger partial charge is 0.262 e. The third kappa shape index (κ3) is 4.82. The van der Waals surface area contributed by atoms with Crippen LogP contribution in [0.1, 0.15) is 46.4 Å². The number of ketones is 2. The summed E-state index contributed by atoms with van der Waals surface area (Å²) in [4.78, 5) is 50.9. The van der Waals surface area contributed by atoms with E-state index in [1.807, 2.05) is 6.07 Å². The van der Waals surface area contributed by atoms with E-state index in [4.69, 9.17) is 4.74 Å². The zero-order valence-electron chi connectivity index (χ0n) is 17.1. The van der Waals surface area contributed by atoms with Crippen molar-refractivity contribution in [3.05, 3.63) is 59.7 Å². The zero-order valence-corrected chi connectivity index (χ0v) is 17.1. The van der Waals surface area contributed by atoms with E-state index in [0.717, 1.165) is 0 Å². The van der Waals surface area contributed by atoms with E-state index < -0.39 is 0 Å². The van der Waals surface area contributed by atoms with Crippen LogP contribution in [0, 0.1) is 5.92 Å². The lowest BCUT2D eigenvalue weighted by atomic mass is 9.88. The summed E-state index contributed by atoms with van der Waals surface area (Å²) in [6.45, 7) is 0.975. The van der Waals surface area contributed by atoms with Crippen molar-refractivity contribution in [2.75, 3.05) is 25.0 Å². The van der Waals surface area contributed by atoms with Gasteiger partial charge in [-0.2, -0.15) is 0 Å². The first-order valence-corrected chi connectivity index (χ1v) is 10.5. The highest BCUT2D eigenvalue weighted by atomic mass is 16.5. The second-order valence-electron chi connectivity index (χ2n) is 7.86. The highest BCUT2D eigenvalue weighted by Gasteiger charge is 2.29. The first-order valence-electron chi connectivity index (χ1n) is 10.5. The predicted molar refractivity (Wildman–Crippen MR) is 114 cm³/mol. The SMILES string of the molecule is O=C1COc2ccc(C(=O)C3CCN(C(=O)CCC(=O)c4ccccc4)CC3)cc2N1. The molecule has 1 fully saturated rings. The number of hydrogen-bond acceptors (Lipinski definition) is 5. The summed E-state index contributed by atoms with van der Waals surface area (Å²) in [6, 6.07) is 14.0. The largest absolute Gasteiger partial charge is 0.482 e. The van der Waals surface area contributed by atoms with Crippen molar-refractivity contribution in [2.24, 2.45) is 5.92 Å². The lowest BCUT2D eigenvalue weighted by molar-refractivity contribution is -0.132. The highest BCUT2D eigenvalue weighted by molar-refractivity contribution is 6.02. The third-order valence-corrected chi connectivity index (χ3v) is 5.78. The lowest BCUT2D eigenvalue weighted by Crippen LogP contribution is -2.40. The number of nitrogens with zero attached hydrogens (tertiary/aromatic N) is 1. The van der Waals surface area contributed by atoms with Gasteiger partial charge < -0.3 is 15.0 Å². The number of Topliss-reactive ketones (excluding diaryl/α,β-unsaturated/α-hetero) is 2. The Labute approximate surface area is 180 Å². The van der Waals surface area contributed by atoms with Crippen molar-refractivity contribution in [1.29, 1.82) is 0 Å². The molecule has 0 unspecified atom stereocenters. The summed E-state index contributed by atoms with van der Waals surface area (Å²) in [6.07, 6.45) is 1.52. The van der Waals surface area contributed by atoms with Gasteiger partial charge in [-0.05, 0) is 31.0 Å². The Morgan fingerprint density at radius 1 is 0.968 bits per heavy atom. The molecule has 0 aliphatic carbocycles. The molecule has 2 aliphatic heterocycles. The highest BCUT2D eigenvalue weighted by Crippen LogP contribution is 2.31. The predicted octanol–water partition coefficient (Wildman–Crippen LogP) is 3.10. The standard InChI is InChI=1S/C24H24N2O5/c27-20(16-4-2-1-3-5-16)7-9-23(29)26-12-10-17(11-13-26)24(30)18-6-8-21-19(14-18)25-22(28)15-31-21/h1-6,8,14,17H,7,9-13,15H2,(H,25,28). The van der Waals surface area contributed by atoms with E-state index in [-0.39, 0.29) is 48.7 Å². The van der Waals surface area contributed by atoms with Crippen LogP contribution in [0.25, 0.3) is 0 Å². The van der Waals surface area contributed by atoms with Gasteiger partial charge >= 0.3 is 0 Å². The van der Waals surface area contributed by atoms with Crippen LogP contribution < -0.4 is 10.1 Å². The molecule has 2 amide bonds. The van der Waals surface area contributed by atoms with Crippen molar-refractivity contribution < 1.29 is 23.9 Å². The fourth-order valence-electron chi connectivity index (χ4n) is 4.01. The van der Waals surface area contributed by atoms with Crippen LogP contribution in [0.5, 0.6) is 5.75 Å². The van der Waals surface area contributed by atoms with Crippen LogP contribution in [0.4, 0.5) is 5.69 Å². The Bertz CT molecular complexity index is 1010. The second-order valence-corrected chi connectivity index (χ2v) is 7.86. The summed E-state index contributed by atoms with van der Waals surface area (Å²) in [5.41, 5.74) is 1.66. The molecule has 1 N–H and O–H groups in total. The summed E-state index contributed by atoms with van der Waals surface area (Å²) in [5.74, 6) is 0.0600. The van der Waals surface area contributed by atoms with Crippen LogP contribution in [-0.4, -0.2) is 48.0 Å². The average molecular weight is 420 g/mol. The number of ether oxygens (including phenoxy) is 1. The van der Waals surface area contributed by atoms with Gasteiger partial charge in [-0.15, -0.1) is 0 Å². The van der Waals surface area contributed by atoms with E-state index in [1.54, 1.807) is 47.4 Å². The van der Waals surface area contributed by atoms with Gasteiger partial charge in [0, 0.05) is 43.0 Å².